The maximum atomic E-state index is 10.6. The number of hydrogen-bond donors (Lipinski definition) is 2. The lowest BCUT2D eigenvalue weighted by Gasteiger charge is -2.35. The Kier molecular flexibility index (Phi) is 7.36. The van der Waals surface area contributed by atoms with Gasteiger partial charge >= 0.3 is 0 Å². The predicted molar refractivity (Wildman–Crippen MR) is 132 cm³/mol. The molecule has 0 amide bonds. The van der Waals surface area contributed by atoms with Gasteiger partial charge in [0.25, 0.3) is 0 Å². The fraction of sp³-hybridized carbons (Fsp3) is 0.318. The van der Waals surface area contributed by atoms with Crippen LogP contribution in [0.4, 0.5) is 5.95 Å². The molecule has 174 valence electrons. The van der Waals surface area contributed by atoms with Crippen LogP contribution in [0.2, 0.25) is 0 Å². The highest BCUT2D eigenvalue weighted by Crippen LogP contribution is 2.31. The van der Waals surface area contributed by atoms with Gasteiger partial charge in [0.15, 0.2) is 5.65 Å². The summed E-state index contributed by atoms with van der Waals surface area (Å²) in [5, 5.41) is 22.8. The van der Waals surface area contributed by atoms with Gasteiger partial charge in [-0.3, -0.25) is 4.98 Å². The Morgan fingerprint density at radius 3 is 2.39 bits per heavy atom. The molecule has 33 heavy (non-hydrogen) atoms. The summed E-state index contributed by atoms with van der Waals surface area (Å²) < 4.78 is 1.93. The van der Waals surface area contributed by atoms with Gasteiger partial charge in [0, 0.05) is 48.7 Å². The van der Waals surface area contributed by atoms with E-state index >= 15 is 0 Å². The molecular formula is C22H26Cl2N8O. The van der Waals surface area contributed by atoms with Crippen LogP contribution in [0.1, 0.15) is 19.5 Å². The summed E-state index contributed by atoms with van der Waals surface area (Å²) in [7, 11) is 0. The van der Waals surface area contributed by atoms with Crippen molar-refractivity contribution in [3.05, 3.63) is 48.7 Å². The van der Waals surface area contributed by atoms with Crippen molar-refractivity contribution in [1.82, 2.24) is 34.9 Å². The second kappa shape index (κ2) is 9.86. The first kappa shape index (κ1) is 24.6. The molecule has 9 nitrogen and oxygen atoms in total. The molecule has 0 bridgehead atoms. The van der Waals surface area contributed by atoms with E-state index in [1.165, 1.54) is 0 Å². The fourth-order valence-electron chi connectivity index (χ4n) is 4.11. The Balaban J connectivity index is 0.00000153. The van der Waals surface area contributed by atoms with Crippen molar-refractivity contribution in [3.8, 4) is 28.3 Å². The number of phenols is 1. The number of piperazine rings is 1. The first-order chi connectivity index (χ1) is 15.0. The summed E-state index contributed by atoms with van der Waals surface area (Å²) in [6.07, 6.45) is 7.22. The number of aromatic hydroxyl groups is 1. The SMILES string of the molecule is Cc1cn2cc(-c3ccc(-c4cnc(N5C[C@@H](C)N[C@@H](C)C5)nn4)c(O)c3)ncc2n1.Cl.Cl. The van der Waals surface area contributed by atoms with E-state index in [0.29, 0.717) is 29.3 Å². The van der Waals surface area contributed by atoms with Gasteiger partial charge in [-0.2, -0.15) is 0 Å². The summed E-state index contributed by atoms with van der Waals surface area (Å²) in [5.41, 5.74) is 4.37. The number of nitrogens with one attached hydrogen (secondary N) is 1. The number of aromatic nitrogens is 6. The molecule has 1 aromatic carbocycles. The standard InChI is InChI=1S/C22H24N8O.2ClH/c1-13-10-30(11-14(2)25-13)22-24-7-18(27-28-22)17-5-4-16(6-20(17)31)19-12-29-9-15(3)26-21(29)8-23-19;;/h4-9,12-14,25,31H,10-11H2,1-3H3;2*1H/t13-,14+;;. The predicted octanol–water partition coefficient (Wildman–Crippen LogP) is 3.29. The van der Waals surface area contributed by atoms with Gasteiger partial charge in [0.1, 0.15) is 11.4 Å². The Morgan fingerprint density at radius 2 is 1.73 bits per heavy atom. The lowest BCUT2D eigenvalue weighted by Crippen LogP contribution is -2.54. The summed E-state index contributed by atoms with van der Waals surface area (Å²) in [5.74, 6) is 0.711. The first-order valence-corrected chi connectivity index (χ1v) is 10.3. The van der Waals surface area contributed by atoms with Gasteiger partial charge in [0.2, 0.25) is 5.95 Å². The summed E-state index contributed by atoms with van der Waals surface area (Å²) >= 11 is 0. The molecule has 1 fully saturated rings. The molecule has 2 N–H and O–H groups in total. The third-order valence-corrected chi connectivity index (χ3v) is 5.42. The quantitative estimate of drug-likeness (QED) is 0.452. The fourth-order valence-corrected chi connectivity index (χ4v) is 4.11. The Morgan fingerprint density at radius 1 is 0.970 bits per heavy atom. The molecule has 0 spiro atoms. The lowest BCUT2D eigenvalue weighted by atomic mass is 10.1. The zero-order valence-electron chi connectivity index (χ0n) is 18.5. The third kappa shape index (κ3) is 5.00. The maximum absolute atomic E-state index is 10.6. The molecule has 0 unspecified atom stereocenters. The van der Waals surface area contributed by atoms with Gasteiger partial charge in [-0.25, -0.2) is 9.97 Å². The zero-order valence-corrected chi connectivity index (χ0v) is 20.1. The molecule has 1 aliphatic rings. The second-order valence-corrected chi connectivity index (χ2v) is 8.17. The number of fused-ring (bicyclic) bond motifs is 1. The molecule has 0 aliphatic carbocycles. The van der Waals surface area contributed by atoms with E-state index in [2.05, 4.69) is 49.2 Å². The Hall–Kier alpha value is -3.01. The number of hydrogen-bond acceptors (Lipinski definition) is 8. The van der Waals surface area contributed by atoms with E-state index in [4.69, 9.17) is 0 Å². The lowest BCUT2D eigenvalue weighted by molar-refractivity contribution is 0.402. The highest BCUT2D eigenvalue weighted by atomic mass is 35.5. The van der Waals surface area contributed by atoms with E-state index in [1.54, 1.807) is 18.5 Å². The maximum Gasteiger partial charge on any atom is 0.245 e. The minimum atomic E-state index is 0. The van der Waals surface area contributed by atoms with E-state index in [-0.39, 0.29) is 30.6 Å². The number of benzene rings is 1. The van der Waals surface area contributed by atoms with Crippen LogP contribution in [0, 0.1) is 6.92 Å². The van der Waals surface area contributed by atoms with Gasteiger partial charge in [0.05, 0.1) is 23.8 Å². The van der Waals surface area contributed by atoms with Gasteiger partial charge in [-0.15, -0.1) is 35.0 Å². The second-order valence-electron chi connectivity index (χ2n) is 8.17. The molecule has 3 aromatic heterocycles. The van der Waals surface area contributed by atoms with Crippen molar-refractivity contribution in [2.24, 2.45) is 0 Å². The van der Waals surface area contributed by atoms with Crippen LogP contribution in [0.3, 0.4) is 0 Å². The largest absolute Gasteiger partial charge is 0.507 e. The number of anilines is 1. The third-order valence-electron chi connectivity index (χ3n) is 5.42. The Bertz CT molecular complexity index is 1240. The van der Waals surface area contributed by atoms with Crippen LogP contribution in [0.15, 0.2) is 43.0 Å². The van der Waals surface area contributed by atoms with Crippen molar-refractivity contribution in [2.75, 3.05) is 18.0 Å². The van der Waals surface area contributed by atoms with Crippen molar-refractivity contribution < 1.29 is 5.11 Å². The van der Waals surface area contributed by atoms with Gasteiger partial charge in [-0.1, -0.05) is 6.07 Å². The van der Waals surface area contributed by atoms with Gasteiger partial charge < -0.3 is 19.7 Å². The number of aryl methyl sites for hydroxylation is 1. The van der Waals surface area contributed by atoms with Crippen molar-refractivity contribution in [1.29, 1.82) is 0 Å². The molecule has 4 heterocycles. The summed E-state index contributed by atoms with van der Waals surface area (Å²) in [4.78, 5) is 15.5. The van der Waals surface area contributed by atoms with Gasteiger partial charge in [-0.05, 0) is 32.9 Å². The molecule has 2 atom stereocenters. The molecule has 11 heteroatoms. The molecule has 4 aromatic rings. The smallest absolute Gasteiger partial charge is 0.245 e. The van der Waals surface area contributed by atoms with Crippen LogP contribution >= 0.6 is 24.8 Å². The number of imidazole rings is 1. The van der Waals surface area contributed by atoms with Crippen molar-refractivity contribution in [3.63, 3.8) is 0 Å². The topological polar surface area (TPSA) is 104 Å². The van der Waals surface area contributed by atoms with E-state index in [1.807, 2.05) is 35.9 Å². The number of nitrogens with zero attached hydrogens (tertiary/aromatic N) is 7. The molecule has 1 aliphatic heterocycles. The van der Waals surface area contributed by atoms with Crippen LogP contribution in [0.25, 0.3) is 28.2 Å². The normalized spacial score (nSPS) is 18.0. The molecule has 1 saturated heterocycles. The van der Waals surface area contributed by atoms with Crippen LogP contribution in [0.5, 0.6) is 5.75 Å². The first-order valence-electron chi connectivity index (χ1n) is 10.3. The van der Waals surface area contributed by atoms with E-state index in [9.17, 15) is 5.11 Å². The molecule has 0 saturated carbocycles. The summed E-state index contributed by atoms with van der Waals surface area (Å²) in [6, 6.07) is 6.13. The summed E-state index contributed by atoms with van der Waals surface area (Å²) in [6.45, 7) is 7.89. The highest BCUT2D eigenvalue weighted by molar-refractivity contribution is 5.85. The number of phenolic OH excluding ortho intramolecular Hbond substituents is 1. The number of halogens is 2. The van der Waals surface area contributed by atoms with E-state index in [0.717, 1.165) is 35.7 Å². The van der Waals surface area contributed by atoms with Crippen molar-refractivity contribution in [2.45, 2.75) is 32.9 Å². The Labute approximate surface area is 204 Å². The average molecular weight is 489 g/mol. The minimum Gasteiger partial charge on any atom is -0.507 e. The molecular weight excluding hydrogens is 463 g/mol. The minimum absolute atomic E-state index is 0. The van der Waals surface area contributed by atoms with E-state index < -0.39 is 0 Å². The number of rotatable bonds is 3. The molecule has 0 radical (unpaired) electrons. The van der Waals surface area contributed by atoms with Crippen LogP contribution < -0.4 is 10.2 Å². The monoisotopic (exact) mass is 488 g/mol. The van der Waals surface area contributed by atoms with Crippen LogP contribution in [-0.4, -0.2) is 59.8 Å². The van der Waals surface area contributed by atoms with Crippen molar-refractivity contribution >= 4 is 36.4 Å². The highest BCUT2D eigenvalue weighted by Gasteiger charge is 2.23. The average Bonchev–Trinajstić information content (AvgIpc) is 3.12. The zero-order chi connectivity index (χ0) is 21.5. The van der Waals surface area contributed by atoms with Crippen LogP contribution in [-0.2, 0) is 0 Å². The molecule has 5 rings (SSSR count).